The predicted octanol–water partition coefficient (Wildman–Crippen LogP) is 6.42. The number of carbonyl (C=O) groups excluding carboxylic acids is 1. The molecule has 9 heteroatoms. The molecule has 1 N–H and O–H groups in total. The van der Waals surface area contributed by atoms with Crippen LogP contribution in [-0.4, -0.2) is 15.7 Å². The van der Waals surface area contributed by atoms with Gasteiger partial charge in [-0.25, -0.2) is 4.39 Å². The van der Waals surface area contributed by atoms with Gasteiger partial charge in [-0.2, -0.15) is 5.10 Å². The fourth-order valence-corrected chi connectivity index (χ4v) is 3.82. The second-order valence-electron chi connectivity index (χ2n) is 7.37. The topological polar surface area (TPSA) is 69.3 Å². The fraction of sp³-hybridized carbons (Fsp3) is 0.167. The zero-order valence-electron chi connectivity index (χ0n) is 17.9. The van der Waals surface area contributed by atoms with Crippen LogP contribution >= 0.6 is 23.2 Å². The van der Waals surface area contributed by atoms with Crippen molar-refractivity contribution in [1.82, 2.24) is 9.78 Å². The number of carbonyl (C=O) groups is 1. The van der Waals surface area contributed by atoms with E-state index in [9.17, 15) is 9.18 Å². The Hall–Kier alpha value is -3.29. The van der Waals surface area contributed by atoms with Gasteiger partial charge in [-0.05, 0) is 62.4 Å². The second kappa shape index (κ2) is 9.68. The maximum Gasteiger partial charge on any atom is 0.291 e. The molecule has 2 aromatic carbocycles. The van der Waals surface area contributed by atoms with Crippen molar-refractivity contribution in [3.8, 4) is 5.75 Å². The van der Waals surface area contributed by atoms with Crippen molar-refractivity contribution in [2.45, 2.75) is 27.0 Å². The number of aryl methyl sites for hydroxylation is 1. The first-order valence-electron chi connectivity index (χ1n) is 10.1. The quantitative estimate of drug-likeness (QED) is 0.326. The van der Waals surface area contributed by atoms with Crippen LogP contribution in [0.4, 0.5) is 10.1 Å². The zero-order chi connectivity index (χ0) is 23.5. The van der Waals surface area contributed by atoms with E-state index in [0.717, 1.165) is 11.3 Å². The number of aromatic nitrogens is 2. The number of amides is 1. The molecule has 2 aromatic heterocycles. The first kappa shape index (κ1) is 22.9. The van der Waals surface area contributed by atoms with Crippen LogP contribution in [0.5, 0.6) is 5.75 Å². The van der Waals surface area contributed by atoms with Crippen LogP contribution in [0, 0.1) is 19.7 Å². The minimum Gasteiger partial charge on any atom is -0.486 e. The summed E-state index contributed by atoms with van der Waals surface area (Å²) in [6.45, 7) is 4.13. The van der Waals surface area contributed by atoms with Crippen molar-refractivity contribution >= 4 is 34.8 Å². The molecule has 0 aliphatic rings. The molecule has 170 valence electrons. The number of nitrogens with zero attached hydrogens (tertiary/aromatic N) is 2. The van der Waals surface area contributed by atoms with Gasteiger partial charge < -0.3 is 14.5 Å². The minimum atomic E-state index is -0.412. The fourth-order valence-electron chi connectivity index (χ4n) is 3.30. The maximum absolute atomic E-state index is 13.0. The van der Waals surface area contributed by atoms with E-state index in [1.807, 2.05) is 6.92 Å². The molecule has 0 fully saturated rings. The van der Waals surface area contributed by atoms with Gasteiger partial charge in [0.05, 0.1) is 23.6 Å². The number of anilines is 1. The summed E-state index contributed by atoms with van der Waals surface area (Å²) in [7, 11) is 0. The van der Waals surface area contributed by atoms with Crippen LogP contribution in [-0.2, 0) is 13.2 Å². The van der Waals surface area contributed by atoms with Crippen LogP contribution < -0.4 is 10.1 Å². The van der Waals surface area contributed by atoms with Crippen molar-refractivity contribution in [3.63, 3.8) is 0 Å². The average Bonchev–Trinajstić information content (AvgIpc) is 3.36. The molecule has 0 saturated carbocycles. The van der Waals surface area contributed by atoms with E-state index in [2.05, 4.69) is 10.4 Å². The Kier molecular flexibility index (Phi) is 6.72. The third kappa shape index (κ3) is 5.21. The highest BCUT2D eigenvalue weighted by atomic mass is 35.5. The Morgan fingerprint density at radius 2 is 1.79 bits per heavy atom. The smallest absolute Gasteiger partial charge is 0.291 e. The van der Waals surface area contributed by atoms with Crippen molar-refractivity contribution in [2.24, 2.45) is 0 Å². The molecule has 0 unspecified atom stereocenters. The second-order valence-corrected chi connectivity index (χ2v) is 8.18. The van der Waals surface area contributed by atoms with Crippen molar-refractivity contribution < 1.29 is 18.3 Å². The Morgan fingerprint density at radius 3 is 2.48 bits per heavy atom. The molecule has 4 aromatic rings. The molecule has 1 amide bonds. The van der Waals surface area contributed by atoms with Crippen molar-refractivity contribution in [3.05, 3.63) is 98.9 Å². The van der Waals surface area contributed by atoms with Crippen LogP contribution in [0.3, 0.4) is 0 Å². The van der Waals surface area contributed by atoms with Crippen LogP contribution in [0.1, 0.15) is 33.3 Å². The molecule has 2 heterocycles. The molecule has 0 bridgehead atoms. The van der Waals surface area contributed by atoms with E-state index >= 15 is 0 Å². The van der Waals surface area contributed by atoms with Gasteiger partial charge in [0.15, 0.2) is 5.76 Å². The molecule has 0 aliphatic carbocycles. The van der Waals surface area contributed by atoms with E-state index in [1.165, 1.54) is 24.3 Å². The summed E-state index contributed by atoms with van der Waals surface area (Å²) >= 11 is 12.6. The van der Waals surface area contributed by atoms with Gasteiger partial charge in [0.25, 0.3) is 5.91 Å². The first-order valence-corrected chi connectivity index (χ1v) is 10.8. The Balaban J connectivity index is 1.44. The SMILES string of the molecule is Cc1nn(Cc2c(Cl)cccc2Cl)c(C)c1NC(=O)c1ccc(COc2ccc(F)cc2)o1. The van der Waals surface area contributed by atoms with Gasteiger partial charge >= 0.3 is 0 Å². The lowest BCUT2D eigenvalue weighted by Gasteiger charge is -2.09. The van der Waals surface area contributed by atoms with Crippen molar-refractivity contribution in [2.75, 3.05) is 5.32 Å². The number of halogens is 3. The Bertz CT molecular complexity index is 1280. The molecule has 4 rings (SSSR count). The minimum absolute atomic E-state index is 0.105. The normalized spacial score (nSPS) is 10.9. The lowest BCUT2D eigenvalue weighted by Crippen LogP contribution is -2.12. The Morgan fingerprint density at radius 1 is 1.09 bits per heavy atom. The van der Waals surface area contributed by atoms with E-state index < -0.39 is 5.91 Å². The standard InChI is InChI=1S/C24H20Cl2FN3O3/c1-14-23(15(2)30(29-14)12-19-20(25)4-3-5-21(19)26)28-24(31)22-11-10-18(33-22)13-32-17-8-6-16(27)7-9-17/h3-11H,12-13H2,1-2H3,(H,28,31). The molecule has 0 saturated heterocycles. The summed E-state index contributed by atoms with van der Waals surface area (Å²) < 4.78 is 25.9. The predicted molar refractivity (Wildman–Crippen MR) is 125 cm³/mol. The van der Waals surface area contributed by atoms with Crippen LogP contribution in [0.25, 0.3) is 0 Å². The summed E-state index contributed by atoms with van der Waals surface area (Å²) in [5.41, 5.74) is 2.74. The number of hydrogen-bond acceptors (Lipinski definition) is 4. The summed E-state index contributed by atoms with van der Waals surface area (Å²) in [5.74, 6) is 0.333. The molecular formula is C24H20Cl2FN3O3. The number of benzene rings is 2. The van der Waals surface area contributed by atoms with E-state index in [1.54, 1.807) is 41.9 Å². The number of nitrogens with one attached hydrogen (secondary N) is 1. The highest BCUT2D eigenvalue weighted by Crippen LogP contribution is 2.28. The molecule has 33 heavy (non-hydrogen) atoms. The third-order valence-electron chi connectivity index (χ3n) is 5.07. The number of hydrogen-bond donors (Lipinski definition) is 1. The van der Waals surface area contributed by atoms with Gasteiger partial charge in [0.2, 0.25) is 0 Å². The van der Waals surface area contributed by atoms with Gasteiger partial charge in [0, 0.05) is 15.6 Å². The number of ether oxygens (including phenoxy) is 1. The largest absolute Gasteiger partial charge is 0.486 e. The third-order valence-corrected chi connectivity index (χ3v) is 5.78. The monoisotopic (exact) mass is 487 g/mol. The average molecular weight is 488 g/mol. The highest BCUT2D eigenvalue weighted by Gasteiger charge is 2.19. The lowest BCUT2D eigenvalue weighted by molar-refractivity contribution is 0.0992. The van der Waals surface area contributed by atoms with Gasteiger partial charge in [-0.1, -0.05) is 29.3 Å². The summed E-state index contributed by atoms with van der Waals surface area (Å²) in [6, 6.07) is 14.2. The van der Waals surface area contributed by atoms with Gasteiger partial charge in [-0.15, -0.1) is 0 Å². The molecule has 0 spiro atoms. The Labute approximate surface area is 199 Å². The summed E-state index contributed by atoms with van der Waals surface area (Å²) in [4.78, 5) is 12.8. The summed E-state index contributed by atoms with van der Waals surface area (Å²) in [5, 5.41) is 8.47. The van der Waals surface area contributed by atoms with Gasteiger partial charge in [-0.3, -0.25) is 9.48 Å². The van der Waals surface area contributed by atoms with Crippen LogP contribution in [0.15, 0.2) is 59.0 Å². The van der Waals surface area contributed by atoms with Crippen molar-refractivity contribution in [1.29, 1.82) is 0 Å². The summed E-state index contributed by atoms with van der Waals surface area (Å²) in [6.07, 6.45) is 0. The van der Waals surface area contributed by atoms with E-state index in [-0.39, 0.29) is 18.2 Å². The highest BCUT2D eigenvalue weighted by molar-refractivity contribution is 6.36. The van der Waals surface area contributed by atoms with Gasteiger partial charge in [0.1, 0.15) is 23.9 Å². The first-order chi connectivity index (χ1) is 15.8. The molecule has 0 aliphatic heterocycles. The number of rotatable bonds is 7. The molecular weight excluding hydrogens is 468 g/mol. The maximum atomic E-state index is 13.0. The zero-order valence-corrected chi connectivity index (χ0v) is 19.4. The van der Waals surface area contributed by atoms with Crippen LogP contribution in [0.2, 0.25) is 10.0 Å². The number of furan rings is 1. The molecule has 6 nitrogen and oxygen atoms in total. The van der Waals surface area contributed by atoms with E-state index in [4.69, 9.17) is 32.4 Å². The lowest BCUT2D eigenvalue weighted by atomic mass is 10.2. The molecule has 0 atom stereocenters. The molecule has 0 radical (unpaired) electrons. The van der Waals surface area contributed by atoms with E-state index in [0.29, 0.717) is 39.5 Å².